The molecule has 1 aromatic carbocycles. The maximum absolute atomic E-state index is 11.9. The van der Waals surface area contributed by atoms with Crippen LogP contribution < -0.4 is 0 Å². The average Bonchev–Trinajstić information content (AvgIpc) is 3.01. The van der Waals surface area contributed by atoms with E-state index >= 15 is 0 Å². The fourth-order valence-corrected chi connectivity index (χ4v) is 1.80. The van der Waals surface area contributed by atoms with Crippen molar-refractivity contribution in [2.75, 3.05) is 0 Å². The van der Waals surface area contributed by atoms with E-state index in [4.69, 9.17) is 14.4 Å². The molecule has 4 nitrogen and oxygen atoms in total. The van der Waals surface area contributed by atoms with E-state index in [1.54, 1.807) is 19.1 Å². The van der Waals surface area contributed by atoms with Crippen molar-refractivity contribution in [3.8, 4) is 17.4 Å². The zero-order valence-electron chi connectivity index (χ0n) is 12.6. The Kier molecular flexibility index (Phi) is 5.16. The summed E-state index contributed by atoms with van der Waals surface area (Å²) in [5, 5.41) is 9.11. The van der Waals surface area contributed by atoms with Gasteiger partial charge in [0.25, 0.3) is 0 Å². The highest BCUT2D eigenvalue weighted by molar-refractivity contribution is 5.97. The van der Waals surface area contributed by atoms with Gasteiger partial charge in [-0.1, -0.05) is 37.3 Å². The van der Waals surface area contributed by atoms with Crippen LogP contribution in [0.2, 0.25) is 0 Å². The van der Waals surface area contributed by atoms with Gasteiger partial charge in [0.15, 0.2) is 0 Å². The lowest BCUT2D eigenvalue weighted by atomic mass is 10.2. The van der Waals surface area contributed by atoms with Crippen LogP contribution in [0.25, 0.3) is 17.4 Å². The molecule has 0 saturated heterocycles. The van der Waals surface area contributed by atoms with Crippen molar-refractivity contribution in [2.24, 2.45) is 0 Å². The summed E-state index contributed by atoms with van der Waals surface area (Å²) in [4.78, 5) is 11.9. The van der Waals surface area contributed by atoms with Gasteiger partial charge in [0, 0.05) is 11.6 Å². The number of furan rings is 1. The highest BCUT2D eigenvalue weighted by atomic mass is 16.5. The van der Waals surface area contributed by atoms with Crippen LogP contribution in [-0.4, -0.2) is 12.1 Å². The van der Waals surface area contributed by atoms with Gasteiger partial charge in [-0.15, -0.1) is 0 Å². The van der Waals surface area contributed by atoms with Crippen LogP contribution in [0.3, 0.4) is 0 Å². The summed E-state index contributed by atoms with van der Waals surface area (Å²) in [6.07, 6.45) is 1.88. The number of carbonyl (C=O) groups excluding carboxylic acids is 1. The summed E-state index contributed by atoms with van der Waals surface area (Å²) in [7, 11) is 0. The number of hydrogen-bond acceptors (Lipinski definition) is 4. The van der Waals surface area contributed by atoms with E-state index in [9.17, 15) is 4.79 Å². The smallest absolute Gasteiger partial charge is 0.349 e. The molecule has 0 aliphatic rings. The van der Waals surface area contributed by atoms with Crippen LogP contribution in [0.1, 0.15) is 26.0 Å². The Morgan fingerprint density at radius 3 is 2.68 bits per heavy atom. The molecule has 0 fully saturated rings. The number of esters is 1. The van der Waals surface area contributed by atoms with E-state index in [0.29, 0.717) is 17.9 Å². The van der Waals surface area contributed by atoms with E-state index in [-0.39, 0.29) is 11.7 Å². The standard InChI is InChI=1S/C18H17NO3/c1-3-13(2)21-18(20)15(12-19)11-16-9-10-17(22-16)14-7-5-4-6-8-14/h4-11,13H,3H2,1-2H3. The molecular formula is C18H17NO3. The van der Waals surface area contributed by atoms with Gasteiger partial charge < -0.3 is 9.15 Å². The largest absolute Gasteiger partial charge is 0.459 e. The van der Waals surface area contributed by atoms with Crippen LogP contribution in [0.4, 0.5) is 0 Å². The monoisotopic (exact) mass is 295 g/mol. The number of nitriles is 1. The first-order valence-corrected chi connectivity index (χ1v) is 7.12. The Balaban J connectivity index is 2.19. The zero-order chi connectivity index (χ0) is 15.9. The highest BCUT2D eigenvalue weighted by Gasteiger charge is 2.14. The minimum atomic E-state index is -0.630. The fourth-order valence-electron chi connectivity index (χ4n) is 1.80. The second-order valence-electron chi connectivity index (χ2n) is 4.86. The molecule has 0 bridgehead atoms. The molecule has 0 saturated carbocycles. The SMILES string of the molecule is CCC(C)OC(=O)C(C#N)=Cc1ccc(-c2ccccc2)o1. The Bertz CT molecular complexity index is 707. The predicted octanol–water partition coefficient (Wildman–Crippen LogP) is 4.20. The third-order valence-corrected chi connectivity index (χ3v) is 3.20. The molecular weight excluding hydrogens is 278 g/mol. The van der Waals surface area contributed by atoms with Crippen LogP contribution in [0, 0.1) is 11.3 Å². The third-order valence-electron chi connectivity index (χ3n) is 3.20. The molecule has 0 radical (unpaired) electrons. The fraction of sp³-hybridized carbons (Fsp3) is 0.222. The maximum atomic E-state index is 11.9. The van der Waals surface area contributed by atoms with Crippen molar-refractivity contribution in [3.05, 3.63) is 53.8 Å². The average molecular weight is 295 g/mol. The van der Waals surface area contributed by atoms with Gasteiger partial charge in [0.05, 0.1) is 6.10 Å². The van der Waals surface area contributed by atoms with Gasteiger partial charge in [-0.3, -0.25) is 0 Å². The number of hydrogen-bond donors (Lipinski definition) is 0. The van der Waals surface area contributed by atoms with Crippen LogP contribution >= 0.6 is 0 Å². The molecule has 0 aliphatic heterocycles. The summed E-state index contributed by atoms with van der Waals surface area (Å²) in [6, 6.07) is 15.0. The molecule has 1 heterocycles. The van der Waals surface area contributed by atoms with E-state index in [1.807, 2.05) is 43.3 Å². The molecule has 1 atom stereocenters. The topological polar surface area (TPSA) is 63.2 Å². The molecule has 0 aliphatic carbocycles. The molecule has 22 heavy (non-hydrogen) atoms. The molecule has 1 unspecified atom stereocenters. The normalized spacial score (nSPS) is 12.5. The van der Waals surface area contributed by atoms with E-state index < -0.39 is 5.97 Å². The van der Waals surface area contributed by atoms with Crippen molar-refractivity contribution >= 4 is 12.0 Å². The third kappa shape index (κ3) is 3.86. The Hall–Kier alpha value is -2.80. The molecule has 4 heteroatoms. The number of nitrogens with zero attached hydrogens (tertiary/aromatic N) is 1. The quantitative estimate of drug-likeness (QED) is 0.471. The molecule has 0 spiro atoms. The molecule has 2 rings (SSSR count). The molecule has 0 amide bonds. The minimum absolute atomic E-state index is 0.0748. The summed E-state index contributed by atoms with van der Waals surface area (Å²) in [6.45, 7) is 3.69. The molecule has 2 aromatic rings. The van der Waals surface area contributed by atoms with Crippen LogP contribution in [-0.2, 0) is 9.53 Å². The number of ether oxygens (including phenoxy) is 1. The lowest BCUT2D eigenvalue weighted by molar-refractivity contribution is -0.142. The van der Waals surface area contributed by atoms with Gasteiger partial charge in [0.1, 0.15) is 23.2 Å². The first-order valence-electron chi connectivity index (χ1n) is 7.12. The number of carbonyl (C=O) groups is 1. The summed E-state index contributed by atoms with van der Waals surface area (Å²) >= 11 is 0. The van der Waals surface area contributed by atoms with Crippen molar-refractivity contribution in [1.82, 2.24) is 0 Å². The van der Waals surface area contributed by atoms with Crippen LogP contribution in [0.15, 0.2) is 52.5 Å². The van der Waals surface area contributed by atoms with Gasteiger partial charge in [0.2, 0.25) is 0 Å². The minimum Gasteiger partial charge on any atom is -0.459 e. The molecule has 1 aromatic heterocycles. The summed E-state index contributed by atoms with van der Waals surface area (Å²) < 4.78 is 10.8. The lowest BCUT2D eigenvalue weighted by Crippen LogP contribution is -2.15. The van der Waals surface area contributed by atoms with Crippen molar-refractivity contribution in [2.45, 2.75) is 26.4 Å². The van der Waals surface area contributed by atoms with Gasteiger partial charge >= 0.3 is 5.97 Å². The molecule has 0 N–H and O–H groups in total. The van der Waals surface area contributed by atoms with Crippen molar-refractivity contribution in [3.63, 3.8) is 0 Å². The summed E-state index contributed by atoms with van der Waals surface area (Å²) in [5.74, 6) is 0.491. The van der Waals surface area contributed by atoms with Gasteiger partial charge in [-0.25, -0.2) is 4.79 Å². The molecule has 112 valence electrons. The lowest BCUT2D eigenvalue weighted by Gasteiger charge is -2.09. The second kappa shape index (κ2) is 7.28. The van der Waals surface area contributed by atoms with Crippen molar-refractivity contribution in [1.29, 1.82) is 5.26 Å². The zero-order valence-corrected chi connectivity index (χ0v) is 12.6. The van der Waals surface area contributed by atoms with Crippen LogP contribution in [0.5, 0.6) is 0 Å². The first-order chi connectivity index (χ1) is 10.6. The van der Waals surface area contributed by atoms with E-state index in [1.165, 1.54) is 6.08 Å². The van der Waals surface area contributed by atoms with Gasteiger partial charge in [-0.2, -0.15) is 5.26 Å². The second-order valence-corrected chi connectivity index (χ2v) is 4.86. The Morgan fingerprint density at radius 1 is 1.32 bits per heavy atom. The first kappa shape index (κ1) is 15.6. The number of benzene rings is 1. The van der Waals surface area contributed by atoms with Crippen molar-refractivity contribution < 1.29 is 13.9 Å². The number of rotatable bonds is 5. The predicted molar refractivity (Wildman–Crippen MR) is 83.6 cm³/mol. The Morgan fingerprint density at radius 2 is 2.05 bits per heavy atom. The van der Waals surface area contributed by atoms with E-state index in [0.717, 1.165) is 5.56 Å². The summed E-state index contributed by atoms with van der Waals surface area (Å²) in [5.41, 5.74) is 0.858. The maximum Gasteiger partial charge on any atom is 0.349 e. The van der Waals surface area contributed by atoms with Gasteiger partial charge in [-0.05, 0) is 25.5 Å². The van der Waals surface area contributed by atoms with E-state index in [2.05, 4.69) is 0 Å². The Labute approximate surface area is 129 Å². The highest BCUT2D eigenvalue weighted by Crippen LogP contribution is 2.23.